The minimum Gasteiger partial charge on any atom is -0.356 e. The molecule has 0 N–H and O–H groups in total. The van der Waals surface area contributed by atoms with Crippen LogP contribution >= 0.6 is 11.3 Å². The van der Waals surface area contributed by atoms with E-state index in [9.17, 15) is 0 Å². The van der Waals surface area contributed by atoms with Gasteiger partial charge in [-0.2, -0.15) is 0 Å². The number of thiophene rings is 1. The van der Waals surface area contributed by atoms with Crippen molar-refractivity contribution >= 4 is 28.1 Å². The molecule has 4 rings (SSSR count). The molecule has 0 unspecified atom stereocenters. The van der Waals surface area contributed by atoms with Crippen LogP contribution in [0, 0.1) is 40.5 Å². The molecular weight excluding hydrogens is 362 g/mol. The number of benzene rings is 1. The average molecular weight is 394 g/mol. The zero-order valence-electron chi connectivity index (χ0n) is 18.0. The second kappa shape index (κ2) is 7.47. The van der Waals surface area contributed by atoms with Crippen molar-refractivity contribution in [2.45, 2.75) is 60.8 Å². The molecule has 2 heterocycles. The van der Waals surface area contributed by atoms with Gasteiger partial charge in [-0.1, -0.05) is 24.6 Å². The summed E-state index contributed by atoms with van der Waals surface area (Å²) in [7, 11) is 0. The lowest BCUT2D eigenvalue weighted by Gasteiger charge is -2.24. The lowest BCUT2D eigenvalue weighted by atomic mass is 9.98. The molecule has 4 heteroatoms. The maximum atomic E-state index is 4.95. The molecular formula is C24H31N3S. The van der Waals surface area contributed by atoms with E-state index in [0.29, 0.717) is 0 Å². The first kappa shape index (κ1) is 19.4. The average Bonchev–Trinajstić information content (AvgIpc) is 3.37. The first-order valence-corrected chi connectivity index (χ1v) is 11.3. The predicted molar refractivity (Wildman–Crippen MR) is 122 cm³/mol. The Morgan fingerprint density at radius 2 is 1.71 bits per heavy atom. The van der Waals surface area contributed by atoms with Crippen molar-refractivity contribution in [2.24, 2.45) is 5.92 Å². The van der Waals surface area contributed by atoms with Crippen LogP contribution in [0.4, 0.5) is 5.82 Å². The minimum absolute atomic E-state index is 0.844. The highest BCUT2D eigenvalue weighted by atomic mass is 32.1. The van der Waals surface area contributed by atoms with Crippen LogP contribution in [0.25, 0.3) is 21.3 Å². The van der Waals surface area contributed by atoms with Crippen molar-refractivity contribution < 1.29 is 0 Å². The maximum absolute atomic E-state index is 4.95. The van der Waals surface area contributed by atoms with Crippen LogP contribution in [0.5, 0.6) is 0 Å². The number of aryl methyl sites for hydroxylation is 5. The Bertz CT molecular complexity index is 1010. The molecule has 0 bridgehead atoms. The van der Waals surface area contributed by atoms with Gasteiger partial charge in [0, 0.05) is 18.0 Å². The van der Waals surface area contributed by atoms with E-state index in [-0.39, 0.29) is 0 Å². The van der Waals surface area contributed by atoms with Gasteiger partial charge in [0.25, 0.3) is 0 Å². The summed E-state index contributed by atoms with van der Waals surface area (Å²) in [6, 6.07) is 4.57. The van der Waals surface area contributed by atoms with Crippen molar-refractivity contribution in [2.75, 3.05) is 18.0 Å². The van der Waals surface area contributed by atoms with Gasteiger partial charge in [-0.05, 0) is 76.5 Å². The molecule has 0 radical (unpaired) electrons. The fourth-order valence-electron chi connectivity index (χ4n) is 4.40. The summed E-state index contributed by atoms with van der Waals surface area (Å²) >= 11 is 1.88. The molecule has 3 aromatic rings. The van der Waals surface area contributed by atoms with E-state index >= 15 is 0 Å². The zero-order chi connectivity index (χ0) is 20.0. The van der Waals surface area contributed by atoms with Crippen LogP contribution in [0.2, 0.25) is 0 Å². The zero-order valence-corrected chi connectivity index (χ0v) is 18.8. The summed E-state index contributed by atoms with van der Waals surface area (Å²) in [5.74, 6) is 2.87. The third-order valence-corrected chi connectivity index (χ3v) is 6.81. The van der Waals surface area contributed by atoms with Crippen LogP contribution in [0.15, 0.2) is 12.1 Å². The smallest absolute Gasteiger partial charge is 0.141 e. The number of aromatic nitrogens is 2. The van der Waals surface area contributed by atoms with Gasteiger partial charge in [0.1, 0.15) is 11.6 Å². The number of hydrogen-bond donors (Lipinski definition) is 0. The summed E-state index contributed by atoms with van der Waals surface area (Å²) in [6.45, 7) is 15.3. The molecule has 0 atom stereocenters. The van der Waals surface area contributed by atoms with Crippen LogP contribution in [-0.4, -0.2) is 23.1 Å². The molecule has 1 aliphatic rings. The van der Waals surface area contributed by atoms with Crippen molar-refractivity contribution in [3.05, 3.63) is 39.5 Å². The van der Waals surface area contributed by atoms with E-state index in [1.165, 1.54) is 50.2 Å². The van der Waals surface area contributed by atoms with Crippen molar-refractivity contribution in [3.8, 4) is 10.4 Å². The Morgan fingerprint density at radius 3 is 2.32 bits per heavy atom. The SMILES string of the molecule is CCCN(CC1CC1)c1nc(C)nc2c(-c3c(C)cc(C)cc3C)sc(C)c12. The standard InChI is InChI=1S/C24H31N3S/c1-7-10-27(13-19-8-9-19)24-21-17(5)28-23(22(21)25-18(6)26-24)20-15(3)11-14(2)12-16(20)4/h11-12,19H,7-10,13H2,1-6H3. The largest absolute Gasteiger partial charge is 0.356 e. The Morgan fingerprint density at radius 1 is 1.04 bits per heavy atom. The molecule has 1 saturated carbocycles. The predicted octanol–water partition coefficient (Wildman–Crippen LogP) is 6.53. The first-order valence-electron chi connectivity index (χ1n) is 10.5. The van der Waals surface area contributed by atoms with Crippen LogP contribution in [0.3, 0.4) is 0 Å². The number of rotatable bonds is 6. The molecule has 0 spiro atoms. The highest BCUT2D eigenvalue weighted by Crippen LogP contribution is 2.44. The van der Waals surface area contributed by atoms with Crippen molar-refractivity contribution in [3.63, 3.8) is 0 Å². The lowest BCUT2D eigenvalue weighted by molar-refractivity contribution is 0.699. The molecule has 0 amide bonds. The Hall–Kier alpha value is -1.94. The summed E-state index contributed by atoms with van der Waals surface area (Å²) in [5.41, 5.74) is 6.48. The van der Waals surface area contributed by atoms with E-state index in [0.717, 1.165) is 42.6 Å². The van der Waals surface area contributed by atoms with Gasteiger partial charge in [0.15, 0.2) is 0 Å². The number of hydrogen-bond acceptors (Lipinski definition) is 4. The first-order chi connectivity index (χ1) is 13.4. The van der Waals surface area contributed by atoms with E-state index in [1.54, 1.807) is 0 Å². The monoisotopic (exact) mass is 393 g/mol. The van der Waals surface area contributed by atoms with Gasteiger partial charge in [0.2, 0.25) is 0 Å². The maximum Gasteiger partial charge on any atom is 0.141 e. The fraction of sp³-hybridized carbons (Fsp3) is 0.500. The van der Waals surface area contributed by atoms with E-state index < -0.39 is 0 Å². The van der Waals surface area contributed by atoms with Crippen LogP contribution < -0.4 is 4.90 Å². The summed E-state index contributed by atoms with van der Waals surface area (Å²) < 4.78 is 0. The molecule has 148 valence electrons. The lowest BCUT2D eigenvalue weighted by Crippen LogP contribution is -2.28. The normalized spacial score (nSPS) is 14.1. The Labute approximate surface area is 172 Å². The third-order valence-electron chi connectivity index (χ3n) is 5.70. The Balaban J connectivity index is 1.93. The van der Waals surface area contributed by atoms with Gasteiger partial charge in [-0.25, -0.2) is 9.97 Å². The fourth-order valence-corrected chi connectivity index (χ4v) is 5.67. The van der Waals surface area contributed by atoms with Gasteiger partial charge in [-0.15, -0.1) is 11.3 Å². The highest BCUT2D eigenvalue weighted by Gasteiger charge is 2.27. The van der Waals surface area contributed by atoms with E-state index in [2.05, 4.69) is 51.7 Å². The summed E-state index contributed by atoms with van der Waals surface area (Å²) in [6.07, 6.45) is 3.87. The third kappa shape index (κ3) is 3.55. The second-order valence-corrected chi connectivity index (χ2v) is 9.69. The van der Waals surface area contributed by atoms with Crippen LogP contribution in [-0.2, 0) is 0 Å². The quantitative estimate of drug-likeness (QED) is 0.477. The molecule has 0 saturated heterocycles. The van der Waals surface area contributed by atoms with Gasteiger partial charge >= 0.3 is 0 Å². The highest BCUT2D eigenvalue weighted by molar-refractivity contribution is 7.17. The van der Waals surface area contributed by atoms with Crippen LogP contribution in [0.1, 0.15) is 53.6 Å². The molecule has 0 aliphatic heterocycles. The molecule has 1 aromatic carbocycles. The van der Waals surface area contributed by atoms with E-state index in [4.69, 9.17) is 9.97 Å². The van der Waals surface area contributed by atoms with Gasteiger partial charge in [0.05, 0.1) is 15.8 Å². The van der Waals surface area contributed by atoms with Gasteiger partial charge in [-0.3, -0.25) is 0 Å². The number of fused-ring (bicyclic) bond motifs is 1. The molecule has 1 aliphatic carbocycles. The Kier molecular flexibility index (Phi) is 5.17. The number of nitrogens with zero attached hydrogens (tertiary/aromatic N) is 3. The van der Waals surface area contributed by atoms with Gasteiger partial charge < -0.3 is 4.90 Å². The number of anilines is 1. The van der Waals surface area contributed by atoms with Crippen molar-refractivity contribution in [1.82, 2.24) is 9.97 Å². The van der Waals surface area contributed by atoms with E-state index in [1.807, 2.05) is 18.3 Å². The van der Waals surface area contributed by atoms with Crippen molar-refractivity contribution in [1.29, 1.82) is 0 Å². The molecule has 2 aromatic heterocycles. The topological polar surface area (TPSA) is 29.0 Å². The molecule has 28 heavy (non-hydrogen) atoms. The summed E-state index contributed by atoms with van der Waals surface area (Å²) in [4.78, 5) is 15.1. The minimum atomic E-state index is 0.844. The molecule has 3 nitrogen and oxygen atoms in total. The summed E-state index contributed by atoms with van der Waals surface area (Å²) in [5, 5.41) is 1.26. The molecule has 1 fully saturated rings. The second-order valence-electron chi connectivity index (χ2n) is 8.47.